The number of rotatable bonds is 8. The van der Waals surface area contributed by atoms with Gasteiger partial charge in [0.15, 0.2) is 0 Å². The fraction of sp³-hybridized carbons (Fsp3) is 0.320. The lowest BCUT2D eigenvalue weighted by atomic mass is 10.1. The van der Waals surface area contributed by atoms with Gasteiger partial charge in [-0.25, -0.2) is 4.79 Å². The molecule has 166 valence electrons. The molecule has 1 unspecified atom stereocenters. The Bertz CT molecular complexity index is 1140. The lowest BCUT2D eigenvalue weighted by Gasteiger charge is -2.13. The Morgan fingerprint density at radius 3 is 2.59 bits per heavy atom. The highest BCUT2D eigenvalue weighted by Gasteiger charge is 2.37. The number of hydrogen-bond acceptors (Lipinski definition) is 3. The first-order chi connectivity index (χ1) is 15.4. The van der Waals surface area contributed by atoms with Crippen molar-refractivity contribution < 1.29 is 14.4 Å². The van der Waals surface area contributed by atoms with Crippen molar-refractivity contribution >= 4 is 34.4 Å². The molecule has 0 aliphatic carbocycles. The molecule has 4 rings (SSSR count). The van der Waals surface area contributed by atoms with E-state index in [1.807, 2.05) is 60.8 Å². The number of amides is 4. The van der Waals surface area contributed by atoms with Crippen molar-refractivity contribution in [2.24, 2.45) is 5.92 Å². The van der Waals surface area contributed by atoms with E-state index in [1.165, 1.54) is 4.90 Å². The lowest BCUT2D eigenvalue weighted by molar-refractivity contribution is -0.128. The average molecular weight is 433 g/mol. The van der Waals surface area contributed by atoms with Crippen molar-refractivity contribution in [3.05, 3.63) is 66.4 Å². The van der Waals surface area contributed by atoms with Gasteiger partial charge in [0, 0.05) is 24.5 Å². The Balaban J connectivity index is 1.36. The molecule has 2 N–H and O–H groups in total. The SMILES string of the molecule is CC(C)Cn1ccc2c(NC(=O)CCC3NC(=O)N(Cc4ccccc4)C3=O)cccc21. The fourth-order valence-corrected chi connectivity index (χ4v) is 4.06. The first-order valence-corrected chi connectivity index (χ1v) is 11.0. The number of carbonyl (C=O) groups excluding carboxylic acids is 3. The third-order valence-electron chi connectivity index (χ3n) is 5.60. The molecule has 0 saturated carbocycles. The minimum atomic E-state index is -0.681. The first kappa shape index (κ1) is 21.6. The summed E-state index contributed by atoms with van der Waals surface area (Å²) in [5.41, 5.74) is 2.71. The second-order valence-electron chi connectivity index (χ2n) is 8.60. The second kappa shape index (κ2) is 9.26. The zero-order valence-electron chi connectivity index (χ0n) is 18.4. The van der Waals surface area contributed by atoms with Gasteiger partial charge in [0.25, 0.3) is 5.91 Å². The summed E-state index contributed by atoms with van der Waals surface area (Å²) >= 11 is 0. The van der Waals surface area contributed by atoms with E-state index in [9.17, 15) is 14.4 Å². The maximum Gasteiger partial charge on any atom is 0.325 e. The van der Waals surface area contributed by atoms with Crippen LogP contribution in [0.3, 0.4) is 0 Å². The summed E-state index contributed by atoms with van der Waals surface area (Å²) < 4.78 is 2.18. The molecule has 7 nitrogen and oxygen atoms in total. The van der Waals surface area contributed by atoms with E-state index in [0.29, 0.717) is 5.92 Å². The molecular formula is C25H28N4O3. The van der Waals surface area contributed by atoms with Crippen LogP contribution in [0.4, 0.5) is 10.5 Å². The number of hydrogen-bond donors (Lipinski definition) is 2. The van der Waals surface area contributed by atoms with Crippen LogP contribution in [0.15, 0.2) is 60.8 Å². The van der Waals surface area contributed by atoms with E-state index >= 15 is 0 Å². The van der Waals surface area contributed by atoms with Gasteiger partial charge in [0.05, 0.1) is 17.7 Å². The summed E-state index contributed by atoms with van der Waals surface area (Å²) in [6.07, 6.45) is 2.43. The van der Waals surface area contributed by atoms with Crippen LogP contribution in [-0.4, -0.2) is 33.4 Å². The van der Waals surface area contributed by atoms with Gasteiger partial charge < -0.3 is 15.2 Å². The Hall–Kier alpha value is -3.61. The van der Waals surface area contributed by atoms with Crippen molar-refractivity contribution in [2.45, 2.75) is 45.8 Å². The summed E-state index contributed by atoms with van der Waals surface area (Å²) in [7, 11) is 0. The van der Waals surface area contributed by atoms with E-state index < -0.39 is 12.1 Å². The molecule has 0 radical (unpaired) electrons. The number of nitrogens with zero attached hydrogens (tertiary/aromatic N) is 2. The van der Waals surface area contributed by atoms with Crippen LogP contribution in [0.1, 0.15) is 32.3 Å². The van der Waals surface area contributed by atoms with Gasteiger partial charge >= 0.3 is 6.03 Å². The summed E-state index contributed by atoms with van der Waals surface area (Å²) in [4.78, 5) is 38.7. The summed E-state index contributed by atoms with van der Waals surface area (Å²) in [5.74, 6) is 0.0432. The van der Waals surface area contributed by atoms with Gasteiger partial charge in [-0.15, -0.1) is 0 Å². The largest absolute Gasteiger partial charge is 0.347 e. The number of fused-ring (bicyclic) bond motifs is 1. The standard InChI is InChI=1S/C25H28N4O3/c1-17(2)15-28-14-13-19-20(9-6-10-22(19)28)26-23(30)12-11-21-24(31)29(25(32)27-21)16-18-7-4-3-5-8-18/h3-10,13-14,17,21H,11-12,15-16H2,1-2H3,(H,26,30)(H,27,32). The smallest absolute Gasteiger partial charge is 0.325 e. The van der Waals surface area contributed by atoms with Crippen molar-refractivity contribution in [2.75, 3.05) is 5.32 Å². The molecule has 1 aliphatic heterocycles. The summed E-state index contributed by atoms with van der Waals surface area (Å²) in [6.45, 7) is 5.47. The zero-order chi connectivity index (χ0) is 22.7. The van der Waals surface area contributed by atoms with Gasteiger partial charge in [-0.05, 0) is 36.1 Å². The highest BCUT2D eigenvalue weighted by molar-refractivity contribution is 6.05. The normalized spacial score (nSPS) is 16.1. The third-order valence-corrected chi connectivity index (χ3v) is 5.60. The minimum absolute atomic E-state index is 0.138. The van der Waals surface area contributed by atoms with Crippen LogP contribution < -0.4 is 10.6 Å². The molecule has 32 heavy (non-hydrogen) atoms. The second-order valence-corrected chi connectivity index (χ2v) is 8.60. The monoisotopic (exact) mass is 432 g/mol. The Labute approximate surface area is 187 Å². The van der Waals surface area contributed by atoms with Crippen molar-refractivity contribution in [1.29, 1.82) is 0 Å². The topological polar surface area (TPSA) is 83.4 Å². The molecule has 1 aromatic heterocycles. The molecule has 1 atom stereocenters. The number of urea groups is 1. The Morgan fingerprint density at radius 1 is 1.06 bits per heavy atom. The first-order valence-electron chi connectivity index (χ1n) is 11.0. The van der Waals surface area contributed by atoms with E-state index in [4.69, 9.17) is 0 Å². The van der Waals surface area contributed by atoms with Crippen molar-refractivity contribution in [3.8, 4) is 0 Å². The molecule has 0 spiro atoms. The summed E-state index contributed by atoms with van der Waals surface area (Å²) in [5, 5.41) is 6.65. The Kier molecular flexibility index (Phi) is 6.25. The van der Waals surface area contributed by atoms with E-state index in [1.54, 1.807) is 0 Å². The average Bonchev–Trinajstić information content (AvgIpc) is 3.29. The number of aromatic nitrogens is 1. The quantitative estimate of drug-likeness (QED) is 0.525. The molecule has 1 saturated heterocycles. The predicted molar refractivity (Wildman–Crippen MR) is 124 cm³/mol. The molecule has 2 aromatic carbocycles. The molecular weight excluding hydrogens is 404 g/mol. The highest BCUT2D eigenvalue weighted by Crippen LogP contribution is 2.26. The van der Waals surface area contributed by atoms with Gasteiger partial charge in [0.1, 0.15) is 6.04 Å². The van der Waals surface area contributed by atoms with Crippen LogP contribution >= 0.6 is 0 Å². The minimum Gasteiger partial charge on any atom is -0.347 e. The van der Waals surface area contributed by atoms with Crippen molar-refractivity contribution in [3.63, 3.8) is 0 Å². The van der Waals surface area contributed by atoms with Crippen LogP contribution in [-0.2, 0) is 22.7 Å². The summed E-state index contributed by atoms with van der Waals surface area (Å²) in [6, 6.07) is 16.1. The fourth-order valence-electron chi connectivity index (χ4n) is 4.06. The van der Waals surface area contributed by atoms with Crippen LogP contribution in [0, 0.1) is 5.92 Å². The van der Waals surface area contributed by atoms with Crippen LogP contribution in [0.5, 0.6) is 0 Å². The number of nitrogens with one attached hydrogen (secondary N) is 2. The number of carbonyl (C=O) groups is 3. The maximum absolute atomic E-state index is 12.7. The van der Waals surface area contributed by atoms with Gasteiger partial charge in [-0.2, -0.15) is 0 Å². The highest BCUT2D eigenvalue weighted by atomic mass is 16.2. The zero-order valence-corrected chi connectivity index (χ0v) is 18.4. The number of imide groups is 1. The van der Waals surface area contributed by atoms with Gasteiger partial charge in [-0.1, -0.05) is 50.2 Å². The maximum atomic E-state index is 12.7. The van der Waals surface area contributed by atoms with Crippen molar-refractivity contribution in [1.82, 2.24) is 14.8 Å². The predicted octanol–water partition coefficient (Wildman–Crippen LogP) is 4.14. The third kappa shape index (κ3) is 4.66. The van der Waals surface area contributed by atoms with E-state index in [2.05, 4.69) is 29.0 Å². The van der Waals surface area contributed by atoms with Crippen LogP contribution in [0.2, 0.25) is 0 Å². The van der Waals surface area contributed by atoms with E-state index in [-0.39, 0.29) is 31.2 Å². The molecule has 7 heteroatoms. The molecule has 0 bridgehead atoms. The molecule has 3 aromatic rings. The number of anilines is 1. The van der Waals surface area contributed by atoms with Crippen LogP contribution in [0.25, 0.3) is 10.9 Å². The Morgan fingerprint density at radius 2 is 1.84 bits per heavy atom. The van der Waals surface area contributed by atoms with E-state index in [0.717, 1.165) is 28.7 Å². The molecule has 2 heterocycles. The number of benzene rings is 2. The van der Waals surface area contributed by atoms with Gasteiger partial charge in [0.2, 0.25) is 5.91 Å². The molecule has 1 aliphatic rings. The van der Waals surface area contributed by atoms with Gasteiger partial charge in [-0.3, -0.25) is 14.5 Å². The lowest BCUT2D eigenvalue weighted by Crippen LogP contribution is -2.31. The molecule has 1 fully saturated rings. The molecule has 4 amide bonds.